The van der Waals surface area contributed by atoms with E-state index in [9.17, 15) is 4.79 Å². The molecule has 0 saturated carbocycles. The molecule has 0 aliphatic carbocycles. The zero-order chi connectivity index (χ0) is 11.1. The van der Waals surface area contributed by atoms with Crippen LogP contribution < -0.4 is 0 Å². The number of hydrogen-bond donors (Lipinski definition) is 1. The molecule has 0 aromatic rings. The van der Waals surface area contributed by atoms with Crippen LogP contribution >= 0.6 is 11.8 Å². The van der Waals surface area contributed by atoms with Gasteiger partial charge >= 0.3 is 5.97 Å². The Labute approximate surface area is 95.0 Å². The first kappa shape index (κ1) is 12.8. The molecule has 1 aliphatic heterocycles. The van der Waals surface area contributed by atoms with Crippen molar-refractivity contribution in [3.05, 3.63) is 0 Å². The predicted octanol–water partition coefficient (Wildman–Crippen LogP) is 0.915. The van der Waals surface area contributed by atoms with Gasteiger partial charge in [-0.05, 0) is 17.9 Å². The van der Waals surface area contributed by atoms with Crippen molar-refractivity contribution in [2.45, 2.75) is 19.4 Å². The Morgan fingerprint density at radius 1 is 1.53 bits per heavy atom. The molecule has 1 aliphatic rings. The number of ether oxygens (including phenoxy) is 1. The molecule has 4 nitrogen and oxygen atoms in total. The summed E-state index contributed by atoms with van der Waals surface area (Å²) in [5, 5.41) is 9.13. The van der Waals surface area contributed by atoms with Gasteiger partial charge in [0.25, 0.3) is 0 Å². The SMILES string of the molecule is CCSCCC(C(=O)O)N1CCOCC1. The summed E-state index contributed by atoms with van der Waals surface area (Å²) in [7, 11) is 0. The highest BCUT2D eigenvalue weighted by molar-refractivity contribution is 7.99. The molecule has 88 valence electrons. The van der Waals surface area contributed by atoms with E-state index in [2.05, 4.69) is 6.92 Å². The van der Waals surface area contributed by atoms with Crippen LogP contribution in [0.25, 0.3) is 0 Å². The van der Waals surface area contributed by atoms with Crippen LogP contribution in [-0.2, 0) is 9.53 Å². The Morgan fingerprint density at radius 2 is 2.20 bits per heavy atom. The van der Waals surface area contributed by atoms with Gasteiger partial charge < -0.3 is 9.84 Å². The van der Waals surface area contributed by atoms with Crippen molar-refractivity contribution in [3.63, 3.8) is 0 Å². The second kappa shape index (κ2) is 7.09. The maximum absolute atomic E-state index is 11.1. The van der Waals surface area contributed by atoms with Gasteiger partial charge in [0.05, 0.1) is 13.2 Å². The minimum atomic E-state index is -0.700. The van der Waals surface area contributed by atoms with Crippen molar-refractivity contribution in [2.24, 2.45) is 0 Å². The largest absolute Gasteiger partial charge is 0.480 e. The van der Waals surface area contributed by atoms with Crippen LogP contribution in [0.2, 0.25) is 0 Å². The highest BCUT2D eigenvalue weighted by atomic mass is 32.2. The Bertz CT molecular complexity index is 195. The molecule has 1 rings (SSSR count). The molecule has 0 aromatic carbocycles. The number of carboxylic acids is 1. The summed E-state index contributed by atoms with van der Waals surface area (Å²) in [6, 6.07) is -0.326. The molecule has 0 amide bonds. The van der Waals surface area contributed by atoms with E-state index in [4.69, 9.17) is 9.84 Å². The van der Waals surface area contributed by atoms with E-state index in [1.165, 1.54) is 0 Å². The van der Waals surface area contributed by atoms with Crippen molar-refractivity contribution in [1.29, 1.82) is 0 Å². The monoisotopic (exact) mass is 233 g/mol. The van der Waals surface area contributed by atoms with Gasteiger partial charge in [-0.2, -0.15) is 11.8 Å². The number of rotatable bonds is 6. The number of carbonyl (C=O) groups is 1. The molecule has 1 atom stereocenters. The van der Waals surface area contributed by atoms with E-state index in [1.54, 1.807) is 11.8 Å². The van der Waals surface area contributed by atoms with Crippen molar-refractivity contribution in [1.82, 2.24) is 4.90 Å². The third kappa shape index (κ3) is 4.40. The molecule has 15 heavy (non-hydrogen) atoms. The maximum Gasteiger partial charge on any atom is 0.320 e. The fourth-order valence-electron chi connectivity index (χ4n) is 1.69. The highest BCUT2D eigenvalue weighted by Gasteiger charge is 2.26. The second-order valence-electron chi connectivity index (χ2n) is 3.49. The van der Waals surface area contributed by atoms with Crippen LogP contribution in [-0.4, -0.2) is 59.8 Å². The molecule has 5 heteroatoms. The first-order chi connectivity index (χ1) is 7.25. The predicted molar refractivity (Wildman–Crippen MR) is 61.4 cm³/mol. The normalized spacial score (nSPS) is 20.1. The number of morpholine rings is 1. The van der Waals surface area contributed by atoms with Crippen LogP contribution in [0.4, 0.5) is 0 Å². The highest BCUT2D eigenvalue weighted by Crippen LogP contribution is 2.12. The smallest absolute Gasteiger partial charge is 0.320 e. The molecule has 1 fully saturated rings. The van der Waals surface area contributed by atoms with E-state index in [1.807, 2.05) is 4.90 Å². The maximum atomic E-state index is 11.1. The molecule has 1 saturated heterocycles. The standard InChI is InChI=1S/C10H19NO3S/c1-2-15-8-3-9(10(12)13)11-4-6-14-7-5-11/h9H,2-8H2,1H3,(H,12,13). The lowest BCUT2D eigenvalue weighted by atomic mass is 10.2. The van der Waals surface area contributed by atoms with Crippen LogP contribution in [0.1, 0.15) is 13.3 Å². The molecule has 0 spiro atoms. The number of aliphatic carboxylic acids is 1. The number of thioether (sulfide) groups is 1. The van der Waals surface area contributed by atoms with E-state index >= 15 is 0 Å². The van der Waals surface area contributed by atoms with E-state index in [0.29, 0.717) is 13.2 Å². The van der Waals surface area contributed by atoms with Gasteiger partial charge in [0.15, 0.2) is 0 Å². The molecular formula is C10H19NO3S. The lowest BCUT2D eigenvalue weighted by molar-refractivity contribution is -0.145. The van der Waals surface area contributed by atoms with Crippen LogP contribution in [0.3, 0.4) is 0 Å². The van der Waals surface area contributed by atoms with Gasteiger partial charge in [-0.15, -0.1) is 0 Å². The second-order valence-corrected chi connectivity index (χ2v) is 4.88. The zero-order valence-corrected chi connectivity index (χ0v) is 9.96. The van der Waals surface area contributed by atoms with Crippen molar-refractivity contribution >= 4 is 17.7 Å². The lowest BCUT2D eigenvalue weighted by Crippen LogP contribution is -2.47. The molecule has 1 N–H and O–H groups in total. The molecule has 0 aromatic heterocycles. The minimum absolute atomic E-state index is 0.326. The summed E-state index contributed by atoms with van der Waals surface area (Å²) >= 11 is 1.80. The van der Waals surface area contributed by atoms with E-state index < -0.39 is 5.97 Å². The fraction of sp³-hybridized carbons (Fsp3) is 0.900. The van der Waals surface area contributed by atoms with Crippen LogP contribution in [0, 0.1) is 0 Å². The fourth-order valence-corrected chi connectivity index (χ4v) is 2.37. The number of carboxylic acid groups (broad SMARTS) is 1. The summed E-state index contributed by atoms with van der Waals surface area (Å²) < 4.78 is 5.22. The summed E-state index contributed by atoms with van der Waals surface area (Å²) in [6.45, 7) is 4.89. The van der Waals surface area contributed by atoms with Gasteiger partial charge in [0.1, 0.15) is 6.04 Å². The Balaban J connectivity index is 2.37. The average Bonchev–Trinajstić information content (AvgIpc) is 2.25. The van der Waals surface area contributed by atoms with Crippen molar-refractivity contribution in [2.75, 3.05) is 37.8 Å². The quantitative estimate of drug-likeness (QED) is 0.691. The van der Waals surface area contributed by atoms with Crippen LogP contribution in [0.15, 0.2) is 0 Å². The van der Waals surface area contributed by atoms with Crippen LogP contribution in [0.5, 0.6) is 0 Å². The summed E-state index contributed by atoms with van der Waals surface area (Å²) in [5.41, 5.74) is 0. The number of nitrogens with zero attached hydrogens (tertiary/aromatic N) is 1. The van der Waals surface area contributed by atoms with Crippen molar-refractivity contribution < 1.29 is 14.6 Å². The third-order valence-corrected chi connectivity index (χ3v) is 3.44. The molecule has 0 bridgehead atoms. The van der Waals surface area contributed by atoms with Gasteiger partial charge in [-0.1, -0.05) is 6.92 Å². The first-order valence-electron chi connectivity index (χ1n) is 5.38. The molecular weight excluding hydrogens is 214 g/mol. The Morgan fingerprint density at radius 3 is 2.73 bits per heavy atom. The number of hydrogen-bond acceptors (Lipinski definition) is 4. The average molecular weight is 233 g/mol. The Hall–Kier alpha value is -0.260. The van der Waals surface area contributed by atoms with Gasteiger partial charge in [-0.3, -0.25) is 9.69 Å². The molecule has 1 heterocycles. The third-order valence-electron chi connectivity index (χ3n) is 2.51. The minimum Gasteiger partial charge on any atom is -0.480 e. The lowest BCUT2D eigenvalue weighted by Gasteiger charge is -2.31. The molecule has 1 unspecified atom stereocenters. The molecule has 0 radical (unpaired) electrons. The zero-order valence-electron chi connectivity index (χ0n) is 9.15. The summed E-state index contributed by atoms with van der Waals surface area (Å²) in [5.74, 6) is 1.27. The van der Waals surface area contributed by atoms with E-state index in [0.717, 1.165) is 31.0 Å². The van der Waals surface area contributed by atoms with Gasteiger partial charge in [-0.25, -0.2) is 0 Å². The summed E-state index contributed by atoms with van der Waals surface area (Å²) in [6.07, 6.45) is 0.730. The Kier molecular flexibility index (Phi) is 6.05. The topological polar surface area (TPSA) is 49.8 Å². The summed E-state index contributed by atoms with van der Waals surface area (Å²) in [4.78, 5) is 13.1. The van der Waals surface area contributed by atoms with E-state index in [-0.39, 0.29) is 6.04 Å². The van der Waals surface area contributed by atoms with Gasteiger partial charge in [0, 0.05) is 13.1 Å². The van der Waals surface area contributed by atoms with Gasteiger partial charge in [0.2, 0.25) is 0 Å². The van der Waals surface area contributed by atoms with Crippen molar-refractivity contribution in [3.8, 4) is 0 Å². The first-order valence-corrected chi connectivity index (χ1v) is 6.53.